The van der Waals surface area contributed by atoms with Crippen LogP contribution in [-0.4, -0.2) is 37.7 Å². The Morgan fingerprint density at radius 1 is 1.15 bits per heavy atom. The molecule has 6 nitrogen and oxygen atoms in total. The Hall–Kier alpha value is -2.73. The smallest absolute Gasteiger partial charge is 0.241 e. The second-order valence-electron chi connectivity index (χ2n) is 7.06. The first-order valence-corrected chi connectivity index (χ1v) is 9.54. The summed E-state index contributed by atoms with van der Waals surface area (Å²) in [7, 11) is 0. The number of hydrogen-bond donors (Lipinski definition) is 1. The third kappa shape index (κ3) is 4.52. The highest BCUT2D eigenvalue weighted by Crippen LogP contribution is 2.24. The third-order valence-electron chi connectivity index (χ3n) is 5.13. The number of piperidine rings is 1. The van der Waals surface area contributed by atoms with E-state index in [0.29, 0.717) is 30.1 Å². The van der Waals surface area contributed by atoms with E-state index in [4.69, 9.17) is 4.52 Å². The standard InChI is InChI=1S/C21H24N4O2/c26-18-8-5-6-16(14-18)10-11-17-7-2-4-13-25(17)15-20-23-21(24-27-20)19-9-1-3-12-22-19/h1,3,5-6,8-9,12,14,17,26H,2,4,7,10-11,13,15H2/t17-/m1/s1. The predicted octanol–water partition coefficient (Wildman–Crippen LogP) is 3.82. The van der Waals surface area contributed by atoms with Crippen molar-refractivity contribution in [3.05, 3.63) is 60.1 Å². The van der Waals surface area contributed by atoms with Gasteiger partial charge in [0, 0.05) is 12.2 Å². The Bertz CT molecular complexity index is 865. The van der Waals surface area contributed by atoms with Gasteiger partial charge in [0.15, 0.2) is 0 Å². The average molecular weight is 364 g/mol. The topological polar surface area (TPSA) is 75.3 Å². The van der Waals surface area contributed by atoms with Crippen LogP contribution in [0.1, 0.15) is 37.1 Å². The Morgan fingerprint density at radius 3 is 2.96 bits per heavy atom. The van der Waals surface area contributed by atoms with Crippen molar-refractivity contribution < 1.29 is 9.63 Å². The van der Waals surface area contributed by atoms with Crippen molar-refractivity contribution in [2.45, 2.75) is 44.7 Å². The molecule has 1 N–H and O–H groups in total. The molecule has 3 aromatic rings. The fraction of sp³-hybridized carbons (Fsp3) is 0.381. The molecule has 140 valence electrons. The van der Waals surface area contributed by atoms with Crippen molar-refractivity contribution in [3.8, 4) is 17.3 Å². The van der Waals surface area contributed by atoms with Crippen LogP contribution < -0.4 is 0 Å². The molecule has 0 aliphatic carbocycles. The van der Waals surface area contributed by atoms with Gasteiger partial charge in [-0.25, -0.2) is 0 Å². The minimum atomic E-state index is 0.334. The first-order chi connectivity index (χ1) is 13.3. The molecule has 1 aliphatic heterocycles. The summed E-state index contributed by atoms with van der Waals surface area (Å²) in [6.45, 7) is 1.72. The van der Waals surface area contributed by atoms with Gasteiger partial charge in [0.05, 0.1) is 6.54 Å². The Labute approximate surface area is 158 Å². The molecule has 27 heavy (non-hydrogen) atoms. The van der Waals surface area contributed by atoms with Gasteiger partial charge in [0.25, 0.3) is 0 Å². The Balaban J connectivity index is 1.40. The maximum absolute atomic E-state index is 9.65. The van der Waals surface area contributed by atoms with Crippen molar-refractivity contribution in [3.63, 3.8) is 0 Å². The highest BCUT2D eigenvalue weighted by molar-refractivity contribution is 5.46. The molecule has 0 saturated carbocycles. The van der Waals surface area contributed by atoms with Gasteiger partial charge in [-0.05, 0) is 62.1 Å². The maximum atomic E-state index is 9.65. The van der Waals surface area contributed by atoms with Gasteiger partial charge in [0.1, 0.15) is 11.4 Å². The highest BCUT2D eigenvalue weighted by atomic mass is 16.5. The molecular weight excluding hydrogens is 340 g/mol. The number of aromatic nitrogens is 3. The molecule has 1 aliphatic rings. The molecule has 0 spiro atoms. The van der Waals surface area contributed by atoms with Crippen molar-refractivity contribution in [1.29, 1.82) is 0 Å². The van der Waals surface area contributed by atoms with Gasteiger partial charge < -0.3 is 9.63 Å². The largest absolute Gasteiger partial charge is 0.508 e. The molecule has 1 fully saturated rings. The first kappa shape index (κ1) is 17.7. The molecule has 3 heterocycles. The molecule has 0 amide bonds. The number of phenolic OH excluding ortho intramolecular Hbond substituents is 1. The van der Waals surface area contributed by atoms with Crippen LogP contribution in [0.4, 0.5) is 0 Å². The number of nitrogens with zero attached hydrogens (tertiary/aromatic N) is 4. The fourth-order valence-electron chi connectivity index (χ4n) is 3.73. The quantitative estimate of drug-likeness (QED) is 0.716. The Kier molecular flexibility index (Phi) is 5.44. The lowest BCUT2D eigenvalue weighted by molar-refractivity contribution is 0.117. The third-order valence-corrected chi connectivity index (χ3v) is 5.13. The number of rotatable bonds is 6. The maximum Gasteiger partial charge on any atom is 0.241 e. The molecule has 0 unspecified atom stereocenters. The van der Waals surface area contributed by atoms with Gasteiger partial charge in [-0.2, -0.15) is 4.98 Å². The van der Waals surface area contributed by atoms with E-state index in [2.05, 4.69) is 26.1 Å². The summed E-state index contributed by atoms with van der Waals surface area (Å²) < 4.78 is 5.47. The summed E-state index contributed by atoms with van der Waals surface area (Å²) in [6.07, 6.45) is 7.38. The number of benzene rings is 1. The van der Waals surface area contributed by atoms with E-state index in [-0.39, 0.29) is 0 Å². The summed E-state index contributed by atoms with van der Waals surface area (Å²) in [5.41, 5.74) is 1.90. The van der Waals surface area contributed by atoms with Gasteiger partial charge in [-0.15, -0.1) is 0 Å². The van der Waals surface area contributed by atoms with Gasteiger partial charge in [-0.1, -0.05) is 29.8 Å². The molecule has 1 atom stereocenters. The first-order valence-electron chi connectivity index (χ1n) is 9.54. The summed E-state index contributed by atoms with van der Waals surface area (Å²) in [4.78, 5) is 11.2. The van der Waals surface area contributed by atoms with Crippen molar-refractivity contribution >= 4 is 0 Å². The number of hydrogen-bond acceptors (Lipinski definition) is 6. The van der Waals surface area contributed by atoms with Gasteiger partial charge in [0.2, 0.25) is 11.7 Å². The van der Waals surface area contributed by atoms with Crippen LogP contribution in [0.25, 0.3) is 11.5 Å². The number of likely N-dealkylation sites (tertiary alicyclic amines) is 1. The van der Waals surface area contributed by atoms with Crippen LogP contribution in [0.15, 0.2) is 53.2 Å². The zero-order valence-electron chi connectivity index (χ0n) is 15.3. The number of aromatic hydroxyl groups is 1. The van der Waals surface area contributed by atoms with E-state index in [0.717, 1.165) is 25.1 Å². The minimum absolute atomic E-state index is 0.334. The molecule has 0 bridgehead atoms. The van der Waals surface area contributed by atoms with Gasteiger partial charge in [-0.3, -0.25) is 9.88 Å². The van der Waals surface area contributed by atoms with Crippen LogP contribution in [0.5, 0.6) is 5.75 Å². The average Bonchev–Trinajstić information content (AvgIpc) is 3.17. The monoisotopic (exact) mass is 364 g/mol. The lowest BCUT2D eigenvalue weighted by atomic mass is 9.96. The van der Waals surface area contributed by atoms with Crippen molar-refractivity contribution in [2.75, 3.05) is 6.54 Å². The molecular formula is C21H24N4O2. The van der Waals surface area contributed by atoms with Crippen molar-refractivity contribution in [2.24, 2.45) is 0 Å². The van der Waals surface area contributed by atoms with Crippen LogP contribution in [0, 0.1) is 0 Å². The van der Waals surface area contributed by atoms with Gasteiger partial charge >= 0.3 is 0 Å². The lowest BCUT2D eigenvalue weighted by Gasteiger charge is -2.34. The molecule has 0 radical (unpaired) electrons. The van der Waals surface area contributed by atoms with Crippen LogP contribution >= 0.6 is 0 Å². The summed E-state index contributed by atoms with van der Waals surface area (Å²) in [5.74, 6) is 1.51. The van der Waals surface area contributed by atoms with Crippen molar-refractivity contribution in [1.82, 2.24) is 20.0 Å². The molecule has 4 rings (SSSR count). The van der Waals surface area contributed by atoms with Crippen LogP contribution in [0.3, 0.4) is 0 Å². The molecule has 1 aromatic carbocycles. The van der Waals surface area contributed by atoms with E-state index in [1.807, 2.05) is 30.3 Å². The zero-order valence-corrected chi connectivity index (χ0v) is 15.3. The van der Waals surface area contributed by atoms with E-state index in [1.165, 1.54) is 24.8 Å². The van der Waals surface area contributed by atoms with Crippen LogP contribution in [-0.2, 0) is 13.0 Å². The number of phenols is 1. The van der Waals surface area contributed by atoms with E-state index >= 15 is 0 Å². The lowest BCUT2D eigenvalue weighted by Crippen LogP contribution is -2.39. The Morgan fingerprint density at radius 2 is 2.11 bits per heavy atom. The normalized spacial score (nSPS) is 17.9. The second kappa shape index (κ2) is 8.31. The zero-order chi connectivity index (χ0) is 18.5. The fourth-order valence-corrected chi connectivity index (χ4v) is 3.73. The van der Waals surface area contributed by atoms with E-state index in [1.54, 1.807) is 12.3 Å². The SMILES string of the molecule is Oc1cccc(CC[C@H]2CCCCN2Cc2nc(-c3ccccn3)no2)c1. The number of aryl methyl sites for hydroxylation is 1. The summed E-state index contributed by atoms with van der Waals surface area (Å²) in [5, 5.41) is 13.7. The minimum Gasteiger partial charge on any atom is -0.508 e. The second-order valence-corrected chi connectivity index (χ2v) is 7.06. The highest BCUT2D eigenvalue weighted by Gasteiger charge is 2.24. The predicted molar refractivity (Wildman–Crippen MR) is 102 cm³/mol. The molecule has 1 saturated heterocycles. The number of pyridine rings is 1. The molecule has 6 heteroatoms. The summed E-state index contributed by atoms with van der Waals surface area (Å²) >= 11 is 0. The molecule has 2 aromatic heterocycles. The van der Waals surface area contributed by atoms with E-state index < -0.39 is 0 Å². The summed E-state index contributed by atoms with van der Waals surface area (Å²) in [6, 6.07) is 13.7. The van der Waals surface area contributed by atoms with E-state index in [9.17, 15) is 5.11 Å². The van der Waals surface area contributed by atoms with Crippen LogP contribution in [0.2, 0.25) is 0 Å².